The number of amides is 1. The lowest BCUT2D eigenvalue weighted by atomic mass is 10.0. The Bertz CT molecular complexity index is 1040. The van der Waals surface area contributed by atoms with Crippen LogP contribution in [0.2, 0.25) is 0 Å². The standard InChI is InChI=1S/C21H19F2NO4/c1-11-7-15-14(10-27-18(15)8-12(11)2)9-19(25)28-13(3)21(26)24-20-16(22)5-4-6-17(20)23/h4-8,10,13H,9H2,1-3H3,(H,24,26)/t13-/m1/s1. The summed E-state index contributed by atoms with van der Waals surface area (Å²) < 4.78 is 37.8. The number of para-hydroxylation sites is 1. The zero-order valence-corrected chi connectivity index (χ0v) is 15.6. The topological polar surface area (TPSA) is 68.5 Å². The molecule has 3 aromatic rings. The number of rotatable bonds is 5. The van der Waals surface area contributed by atoms with Crippen LogP contribution >= 0.6 is 0 Å². The SMILES string of the molecule is Cc1cc2occ(CC(=O)O[C@H](C)C(=O)Nc3c(F)cccc3F)c2cc1C. The summed E-state index contributed by atoms with van der Waals surface area (Å²) in [5, 5.41) is 2.90. The van der Waals surface area contributed by atoms with Crippen molar-refractivity contribution in [2.24, 2.45) is 0 Å². The lowest BCUT2D eigenvalue weighted by molar-refractivity contribution is -0.152. The highest BCUT2D eigenvalue weighted by Crippen LogP contribution is 2.25. The van der Waals surface area contributed by atoms with Crippen LogP contribution < -0.4 is 5.32 Å². The van der Waals surface area contributed by atoms with E-state index < -0.39 is 35.3 Å². The van der Waals surface area contributed by atoms with Gasteiger partial charge in [0.25, 0.3) is 5.91 Å². The van der Waals surface area contributed by atoms with Crippen LogP contribution in [0.1, 0.15) is 23.6 Å². The van der Waals surface area contributed by atoms with Crippen molar-refractivity contribution in [1.82, 2.24) is 0 Å². The van der Waals surface area contributed by atoms with Crippen LogP contribution in [-0.2, 0) is 20.7 Å². The molecule has 0 saturated carbocycles. The number of fused-ring (bicyclic) bond motifs is 1. The Morgan fingerprint density at radius 3 is 2.46 bits per heavy atom. The minimum absolute atomic E-state index is 0.0961. The molecule has 7 heteroatoms. The monoisotopic (exact) mass is 387 g/mol. The molecule has 0 fully saturated rings. The Hall–Kier alpha value is -3.22. The molecule has 0 unspecified atom stereocenters. The number of ether oxygens (including phenoxy) is 1. The fourth-order valence-electron chi connectivity index (χ4n) is 2.76. The third-order valence-electron chi connectivity index (χ3n) is 4.49. The molecule has 0 saturated heterocycles. The summed E-state index contributed by atoms with van der Waals surface area (Å²) in [7, 11) is 0. The van der Waals surface area contributed by atoms with Crippen molar-refractivity contribution in [3.05, 3.63) is 64.9 Å². The van der Waals surface area contributed by atoms with E-state index in [1.165, 1.54) is 19.3 Å². The van der Waals surface area contributed by atoms with Crippen LogP contribution in [0, 0.1) is 25.5 Å². The highest BCUT2D eigenvalue weighted by Gasteiger charge is 2.22. The molecule has 0 aliphatic carbocycles. The maximum absolute atomic E-state index is 13.6. The minimum atomic E-state index is -1.23. The largest absolute Gasteiger partial charge is 0.464 e. The number of esters is 1. The van der Waals surface area contributed by atoms with Crippen molar-refractivity contribution >= 4 is 28.5 Å². The van der Waals surface area contributed by atoms with Gasteiger partial charge in [0.05, 0.1) is 12.7 Å². The van der Waals surface area contributed by atoms with Gasteiger partial charge < -0.3 is 14.5 Å². The van der Waals surface area contributed by atoms with Gasteiger partial charge in [-0.15, -0.1) is 0 Å². The van der Waals surface area contributed by atoms with Gasteiger partial charge in [-0.3, -0.25) is 9.59 Å². The highest BCUT2D eigenvalue weighted by atomic mass is 19.1. The summed E-state index contributed by atoms with van der Waals surface area (Å²) in [6.45, 7) is 5.25. The predicted molar refractivity (Wildman–Crippen MR) is 99.9 cm³/mol. The summed E-state index contributed by atoms with van der Waals surface area (Å²) >= 11 is 0. The van der Waals surface area contributed by atoms with Gasteiger partial charge in [0.1, 0.15) is 22.9 Å². The van der Waals surface area contributed by atoms with Crippen LogP contribution in [-0.4, -0.2) is 18.0 Å². The second-order valence-corrected chi connectivity index (χ2v) is 6.59. The van der Waals surface area contributed by atoms with Gasteiger partial charge in [0.15, 0.2) is 6.10 Å². The molecular weight excluding hydrogens is 368 g/mol. The Morgan fingerprint density at radius 1 is 1.14 bits per heavy atom. The van der Waals surface area contributed by atoms with E-state index in [9.17, 15) is 18.4 Å². The normalized spacial score (nSPS) is 12.0. The van der Waals surface area contributed by atoms with E-state index >= 15 is 0 Å². The third kappa shape index (κ3) is 4.03. The third-order valence-corrected chi connectivity index (χ3v) is 4.49. The molecule has 1 N–H and O–H groups in total. The molecule has 0 bridgehead atoms. The molecule has 1 heterocycles. The first-order chi connectivity index (χ1) is 13.3. The zero-order valence-electron chi connectivity index (χ0n) is 15.6. The van der Waals surface area contributed by atoms with Crippen molar-refractivity contribution in [3.63, 3.8) is 0 Å². The first-order valence-corrected chi connectivity index (χ1v) is 8.68. The van der Waals surface area contributed by atoms with E-state index in [2.05, 4.69) is 5.32 Å². The van der Waals surface area contributed by atoms with E-state index in [1.54, 1.807) is 0 Å². The molecule has 146 valence electrons. The smallest absolute Gasteiger partial charge is 0.311 e. The number of anilines is 1. The Labute approximate surface area is 160 Å². The fourth-order valence-corrected chi connectivity index (χ4v) is 2.76. The summed E-state index contributed by atoms with van der Waals surface area (Å²) in [5.41, 5.74) is 2.84. The van der Waals surface area contributed by atoms with Crippen molar-refractivity contribution in [2.45, 2.75) is 33.3 Å². The molecule has 0 radical (unpaired) electrons. The number of carbonyl (C=O) groups is 2. The zero-order chi connectivity index (χ0) is 20.4. The fraction of sp³-hybridized carbons (Fsp3) is 0.238. The van der Waals surface area contributed by atoms with Crippen LogP contribution in [0.4, 0.5) is 14.5 Å². The second kappa shape index (κ2) is 7.80. The van der Waals surface area contributed by atoms with Crippen LogP contribution in [0.15, 0.2) is 41.0 Å². The average Bonchev–Trinajstić information content (AvgIpc) is 3.00. The molecule has 1 aromatic heterocycles. The number of aryl methyl sites for hydroxylation is 2. The first kappa shape index (κ1) is 19.5. The van der Waals surface area contributed by atoms with Gasteiger partial charge in [-0.05, 0) is 56.2 Å². The Balaban J connectivity index is 1.66. The number of nitrogens with one attached hydrogen (secondary N) is 1. The quantitative estimate of drug-likeness (QED) is 0.657. The maximum atomic E-state index is 13.6. The molecule has 0 aliphatic rings. The second-order valence-electron chi connectivity index (χ2n) is 6.59. The molecule has 5 nitrogen and oxygen atoms in total. The molecule has 28 heavy (non-hydrogen) atoms. The Kier molecular flexibility index (Phi) is 5.44. The van der Waals surface area contributed by atoms with Gasteiger partial charge in [0.2, 0.25) is 0 Å². The molecule has 2 aromatic carbocycles. The van der Waals surface area contributed by atoms with Gasteiger partial charge in [-0.2, -0.15) is 0 Å². The molecule has 3 rings (SSSR count). The first-order valence-electron chi connectivity index (χ1n) is 8.68. The minimum Gasteiger partial charge on any atom is -0.464 e. The van der Waals surface area contributed by atoms with Gasteiger partial charge in [-0.1, -0.05) is 6.07 Å². The van der Waals surface area contributed by atoms with Crippen LogP contribution in [0.25, 0.3) is 11.0 Å². The summed E-state index contributed by atoms with van der Waals surface area (Å²) in [6, 6.07) is 7.03. The lowest BCUT2D eigenvalue weighted by Crippen LogP contribution is -2.31. The number of furan rings is 1. The molecule has 0 aliphatic heterocycles. The predicted octanol–water partition coefficient (Wildman–Crippen LogP) is 4.44. The van der Waals surface area contributed by atoms with E-state index in [4.69, 9.17) is 9.15 Å². The highest BCUT2D eigenvalue weighted by molar-refractivity contribution is 5.95. The van der Waals surface area contributed by atoms with Crippen LogP contribution in [0.3, 0.4) is 0 Å². The van der Waals surface area contributed by atoms with Crippen molar-refractivity contribution in [1.29, 1.82) is 0 Å². The summed E-state index contributed by atoms with van der Waals surface area (Å²) in [5.74, 6) is -3.32. The molecule has 1 amide bonds. The van der Waals surface area contributed by atoms with Gasteiger partial charge >= 0.3 is 5.97 Å². The lowest BCUT2D eigenvalue weighted by Gasteiger charge is -2.14. The van der Waals surface area contributed by atoms with Crippen molar-refractivity contribution < 1.29 is 27.5 Å². The van der Waals surface area contributed by atoms with E-state index in [0.29, 0.717) is 11.1 Å². The van der Waals surface area contributed by atoms with E-state index in [1.807, 2.05) is 26.0 Å². The molecular formula is C21H19F2NO4. The number of hydrogen-bond acceptors (Lipinski definition) is 4. The average molecular weight is 387 g/mol. The summed E-state index contributed by atoms with van der Waals surface area (Å²) in [6.07, 6.45) is 0.152. The Morgan fingerprint density at radius 2 is 1.79 bits per heavy atom. The van der Waals surface area contributed by atoms with E-state index in [0.717, 1.165) is 28.6 Å². The van der Waals surface area contributed by atoms with Crippen LogP contribution in [0.5, 0.6) is 0 Å². The number of hydrogen-bond donors (Lipinski definition) is 1. The number of benzene rings is 2. The number of carbonyl (C=O) groups excluding carboxylic acids is 2. The van der Waals surface area contributed by atoms with Crippen molar-refractivity contribution in [2.75, 3.05) is 5.32 Å². The van der Waals surface area contributed by atoms with Crippen molar-refractivity contribution in [3.8, 4) is 0 Å². The molecule has 0 spiro atoms. The van der Waals surface area contributed by atoms with Gasteiger partial charge in [-0.25, -0.2) is 8.78 Å². The van der Waals surface area contributed by atoms with Gasteiger partial charge in [0, 0.05) is 10.9 Å². The van der Waals surface area contributed by atoms with E-state index in [-0.39, 0.29) is 6.42 Å². The molecule has 1 atom stereocenters. The maximum Gasteiger partial charge on any atom is 0.311 e. The number of halogens is 2. The summed E-state index contributed by atoms with van der Waals surface area (Å²) in [4.78, 5) is 24.3.